The van der Waals surface area contributed by atoms with E-state index in [2.05, 4.69) is 10.3 Å². The average molecular weight is 425 g/mol. The molecule has 32 heavy (non-hydrogen) atoms. The fourth-order valence-electron chi connectivity index (χ4n) is 3.08. The van der Waals surface area contributed by atoms with Crippen LogP contribution in [-0.2, 0) is 4.79 Å². The van der Waals surface area contributed by atoms with Crippen LogP contribution in [0.5, 0.6) is 0 Å². The Morgan fingerprint density at radius 2 is 1.84 bits per heavy atom. The number of nitro groups is 1. The SMILES string of the molecule is N#Cc1ccc(/C=C/C(=O)Nc2ccc(-c3nc4ccc([N+](=O)[O-])cc4n3O)cc2)cc1. The zero-order chi connectivity index (χ0) is 22.7. The van der Waals surface area contributed by atoms with Crippen LogP contribution < -0.4 is 5.32 Å². The van der Waals surface area contributed by atoms with Crippen LogP contribution in [-0.4, -0.2) is 25.8 Å². The van der Waals surface area contributed by atoms with Gasteiger partial charge in [-0.2, -0.15) is 9.99 Å². The van der Waals surface area contributed by atoms with E-state index >= 15 is 0 Å². The molecule has 0 aliphatic carbocycles. The first-order valence-electron chi connectivity index (χ1n) is 9.40. The molecule has 0 aliphatic heterocycles. The lowest BCUT2D eigenvalue weighted by atomic mass is 10.1. The number of nitriles is 1. The van der Waals surface area contributed by atoms with E-state index in [1.165, 1.54) is 24.3 Å². The Balaban J connectivity index is 1.48. The molecule has 0 radical (unpaired) electrons. The van der Waals surface area contributed by atoms with Gasteiger partial charge in [0.05, 0.1) is 22.1 Å². The van der Waals surface area contributed by atoms with Crippen molar-refractivity contribution in [3.8, 4) is 17.5 Å². The van der Waals surface area contributed by atoms with E-state index in [1.807, 2.05) is 6.07 Å². The van der Waals surface area contributed by atoms with Crippen LogP contribution in [0.25, 0.3) is 28.5 Å². The number of nitrogens with zero attached hydrogens (tertiary/aromatic N) is 4. The van der Waals surface area contributed by atoms with Crippen molar-refractivity contribution >= 4 is 34.4 Å². The van der Waals surface area contributed by atoms with E-state index in [9.17, 15) is 20.1 Å². The van der Waals surface area contributed by atoms with Gasteiger partial charge in [0.15, 0.2) is 5.82 Å². The Kier molecular flexibility index (Phi) is 5.34. The Bertz CT molecular complexity index is 1400. The number of aromatic nitrogens is 2. The van der Waals surface area contributed by atoms with E-state index < -0.39 is 4.92 Å². The van der Waals surface area contributed by atoms with E-state index in [1.54, 1.807) is 54.6 Å². The Hall–Kier alpha value is -4.97. The van der Waals surface area contributed by atoms with Gasteiger partial charge in [-0.15, -0.1) is 0 Å². The lowest BCUT2D eigenvalue weighted by Gasteiger charge is -2.05. The van der Waals surface area contributed by atoms with Crippen LogP contribution in [0.2, 0.25) is 0 Å². The van der Waals surface area contributed by atoms with Crippen LogP contribution >= 0.6 is 0 Å². The summed E-state index contributed by atoms with van der Waals surface area (Å²) in [5.74, 6) is -0.108. The van der Waals surface area contributed by atoms with Crippen LogP contribution in [0, 0.1) is 21.4 Å². The minimum absolute atomic E-state index is 0.147. The number of imidazole rings is 1. The van der Waals surface area contributed by atoms with E-state index in [0.29, 0.717) is 22.3 Å². The van der Waals surface area contributed by atoms with Gasteiger partial charge in [-0.1, -0.05) is 12.1 Å². The molecule has 4 aromatic rings. The fraction of sp³-hybridized carbons (Fsp3) is 0. The van der Waals surface area contributed by atoms with Crippen molar-refractivity contribution in [2.75, 3.05) is 5.32 Å². The quantitative estimate of drug-likeness (QED) is 0.211. The van der Waals surface area contributed by atoms with Gasteiger partial charge in [-0.3, -0.25) is 14.9 Å². The van der Waals surface area contributed by atoms with Crippen molar-refractivity contribution in [3.05, 3.63) is 94.0 Å². The predicted octanol–water partition coefficient (Wildman–Crippen LogP) is 4.37. The van der Waals surface area contributed by atoms with Gasteiger partial charge in [0.25, 0.3) is 5.69 Å². The van der Waals surface area contributed by atoms with E-state index in [4.69, 9.17) is 5.26 Å². The average Bonchev–Trinajstić information content (AvgIpc) is 3.14. The molecule has 0 atom stereocenters. The molecule has 0 unspecified atom stereocenters. The number of fused-ring (bicyclic) bond motifs is 1. The normalized spacial score (nSPS) is 10.8. The molecule has 2 N–H and O–H groups in total. The van der Waals surface area contributed by atoms with Crippen molar-refractivity contribution in [2.24, 2.45) is 0 Å². The van der Waals surface area contributed by atoms with Crippen molar-refractivity contribution in [2.45, 2.75) is 0 Å². The van der Waals surface area contributed by atoms with Crippen LogP contribution in [0.15, 0.2) is 72.8 Å². The lowest BCUT2D eigenvalue weighted by molar-refractivity contribution is -0.384. The maximum absolute atomic E-state index is 12.2. The van der Waals surface area contributed by atoms with Crippen LogP contribution in [0.4, 0.5) is 11.4 Å². The third kappa shape index (κ3) is 4.15. The number of benzene rings is 3. The van der Waals surface area contributed by atoms with Gasteiger partial charge in [-0.25, -0.2) is 4.98 Å². The summed E-state index contributed by atoms with van der Waals surface area (Å²) < 4.78 is 0.802. The Morgan fingerprint density at radius 1 is 1.12 bits per heavy atom. The number of carbonyl (C=O) groups excluding carboxylic acids is 1. The summed E-state index contributed by atoms with van der Waals surface area (Å²) >= 11 is 0. The zero-order valence-corrected chi connectivity index (χ0v) is 16.5. The molecule has 1 heterocycles. The molecule has 0 fully saturated rings. The van der Waals surface area contributed by atoms with Gasteiger partial charge in [-0.05, 0) is 54.1 Å². The first kappa shape index (κ1) is 20.3. The number of hydrogen-bond acceptors (Lipinski definition) is 6. The number of amides is 1. The van der Waals surface area contributed by atoms with Crippen LogP contribution in [0.3, 0.4) is 0 Å². The summed E-state index contributed by atoms with van der Waals surface area (Å²) in [5.41, 5.74) is 2.93. The molecular formula is C23H15N5O4. The first-order chi connectivity index (χ1) is 15.4. The monoisotopic (exact) mass is 425 g/mol. The van der Waals surface area contributed by atoms with Crippen molar-refractivity contribution < 1.29 is 14.9 Å². The number of non-ortho nitro benzene ring substituents is 1. The number of anilines is 1. The highest BCUT2D eigenvalue weighted by molar-refractivity contribution is 6.02. The molecule has 0 saturated heterocycles. The highest BCUT2D eigenvalue weighted by Gasteiger charge is 2.15. The van der Waals surface area contributed by atoms with Gasteiger partial charge in [0.1, 0.15) is 5.52 Å². The summed E-state index contributed by atoms with van der Waals surface area (Å²) in [5, 5.41) is 32.9. The van der Waals surface area contributed by atoms with Crippen molar-refractivity contribution in [3.63, 3.8) is 0 Å². The standard InChI is InChI=1S/C23H15N5O4/c24-14-16-3-1-15(2-4-16)5-12-22(29)25-18-8-6-17(7-9-18)23-26-20-11-10-19(28(31)32)13-21(20)27(23)30/h1-13,30H,(H,25,29)/b12-5+. The van der Waals surface area contributed by atoms with Gasteiger partial charge in [0.2, 0.25) is 5.91 Å². The third-order valence-electron chi connectivity index (χ3n) is 4.70. The smallest absolute Gasteiger partial charge is 0.271 e. The maximum atomic E-state index is 12.2. The molecule has 9 heteroatoms. The first-order valence-corrected chi connectivity index (χ1v) is 9.40. The molecule has 0 spiro atoms. The summed E-state index contributed by atoms with van der Waals surface area (Å²) in [4.78, 5) is 26.9. The Labute approximate surface area is 181 Å². The number of nitro benzene ring substituents is 1. The summed E-state index contributed by atoms with van der Waals surface area (Å²) in [6.07, 6.45) is 3.02. The van der Waals surface area contributed by atoms with E-state index in [0.717, 1.165) is 10.3 Å². The number of rotatable bonds is 5. The second-order valence-electron chi connectivity index (χ2n) is 6.81. The number of nitrogens with one attached hydrogen (secondary N) is 1. The Morgan fingerprint density at radius 3 is 2.50 bits per heavy atom. The van der Waals surface area contributed by atoms with Gasteiger partial charge >= 0.3 is 0 Å². The fourth-order valence-corrected chi connectivity index (χ4v) is 3.08. The minimum atomic E-state index is -0.542. The number of carbonyl (C=O) groups is 1. The van der Waals surface area contributed by atoms with Gasteiger partial charge in [0, 0.05) is 29.5 Å². The topological polar surface area (TPSA) is 134 Å². The minimum Gasteiger partial charge on any atom is -0.426 e. The summed E-state index contributed by atoms with van der Waals surface area (Å²) in [7, 11) is 0. The molecule has 9 nitrogen and oxygen atoms in total. The predicted molar refractivity (Wildman–Crippen MR) is 118 cm³/mol. The summed E-state index contributed by atoms with van der Waals surface area (Å²) in [6.45, 7) is 0. The third-order valence-corrected chi connectivity index (χ3v) is 4.70. The summed E-state index contributed by atoms with van der Waals surface area (Å²) in [6, 6.07) is 19.6. The molecule has 3 aromatic carbocycles. The van der Waals surface area contributed by atoms with Crippen molar-refractivity contribution in [1.82, 2.24) is 9.71 Å². The molecule has 1 aromatic heterocycles. The number of hydrogen-bond donors (Lipinski definition) is 2. The molecule has 156 valence electrons. The maximum Gasteiger partial charge on any atom is 0.271 e. The van der Waals surface area contributed by atoms with E-state index in [-0.39, 0.29) is 22.9 Å². The second kappa shape index (κ2) is 8.41. The highest BCUT2D eigenvalue weighted by atomic mass is 16.6. The molecule has 1 amide bonds. The molecule has 4 rings (SSSR count). The second-order valence-corrected chi connectivity index (χ2v) is 6.81. The highest BCUT2D eigenvalue weighted by Crippen LogP contribution is 2.27. The largest absolute Gasteiger partial charge is 0.426 e. The lowest BCUT2D eigenvalue weighted by Crippen LogP contribution is -2.07. The molecule has 0 bridgehead atoms. The van der Waals surface area contributed by atoms with Crippen LogP contribution in [0.1, 0.15) is 11.1 Å². The molecule has 0 saturated carbocycles. The van der Waals surface area contributed by atoms with Gasteiger partial charge < -0.3 is 10.5 Å². The van der Waals surface area contributed by atoms with Crippen molar-refractivity contribution in [1.29, 1.82) is 5.26 Å². The molecule has 0 aliphatic rings. The molecular weight excluding hydrogens is 410 g/mol. The zero-order valence-electron chi connectivity index (χ0n) is 16.5.